The molecule has 126 valence electrons. The van der Waals surface area contributed by atoms with Gasteiger partial charge >= 0.3 is 0 Å². The number of aryl methyl sites for hydroxylation is 1. The highest BCUT2D eigenvalue weighted by atomic mass is 16.2. The van der Waals surface area contributed by atoms with E-state index in [0.29, 0.717) is 5.91 Å². The molecule has 5 rings (SSSR count). The quantitative estimate of drug-likeness (QED) is 0.744. The van der Waals surface area contributed by atoms with Crippen LogP contribution in [0.5, 0.6) is 0 Å². The summed E-state index contributed by atoms with van der Waals surface area (Å²) in [6.07, 6.45) is 3.03. The van der Waals surface area contributed by atoms with Crippen LogP contribution >= 0.6 is 0 Å². The molecule has 0 spiro atoms. The van der Waals surface area contributed by atoms with Gasteiger partial charge in [-0.1, -0.05) is 48.0 Å². The van der Waals surface area contributed by atoms with Gasteiger partial charge in [-0.25, -0.2) is 0 Å². The molecule has 1 N–H and O–H groups in total. The van der Waals surface area contributed by atoms with Crippen molar-refractivity contribution in [1.29, 1.82) is 0 Å². The molecule has 0 bridgehead atoms. The number of rotatable bonds is 2. The molecule has 3 heteroatoms. The number of hydrogen-bond acceptors (Lipinski definition) is 1. The topological polar surface area (TPSA) is 36.1 Å². The zero-order chi connectivity index (χ0) is 17.0. The zero-order valence-corrected chi connectivity index (χ0v) is 14.5. The van der Waals surface area contributed by atoms with Gasteiger partial charge < -0.3 is 9.88 Å². The van der Waals surface area contributed by atoms with Gasteiger partial charge in [0, 0.05) is 29.1 Å². The predicted octanol–water partition coefficient (Wildman–Crippen LogP) is 4.36. The van der Waals surface area contributed by atoms with E-state index in [-0.39, 0.29) is 12.0 Å². The number of carbonyl (C=O) groups is 1. The van der Waals surface area contributed by atoms with Crippen molar-refractivity contribution in [3.63, 3.8) is 0 Å². The minimum atomic E-state index is 0.00449. The second-order valence-electron chi connectivity index (χ2n) is 7.43. The fourth-order valence-electron chi connectivity index (χ4n) is 4.14. The van der Waals surface area contributed by atoms with Crippen molar-refractivity contribution in [2.24, 2.45) is 5.92 Å². The first-order valence-electron chi connectivity index (χ1n) is 9.19. The maximum atomic E-state index is 12.9. The molecule has 2 aliphatic rings. The Hall–Kier alpha value is -2.55. The third-order valence-electron chi connectivity index (χ3n) is 5.64. The summed E-state index contributed by atoms with van der Waals surface area (Å²) in [7, 11) is 0. The fourth-order valence-corrected chi connectivity index (χ4v) is 4.14. The van der Waals surface area contributed by atoms with Crippen molar-refractivity contribution in [2.75, 3.05) is 6.54 Å². The van der Waals surface area contributed by atoms with Crippen molar-refractivity contribution >= 4 is 16.8 Å². The fraction of sp³-hybridized carbons (Fsp3) is 0.318. The Bertz CT molecular complexity index is 950. The van der Waals surface area contributed by atoms with E-state index in [4.69, 9.17) is 0 Å². The van der Waals surface area contributed by atoms with E-state index in [0.717, 1.165) is 25.8 Å². The summed E-state index contributed by atoms with van der Waals surface area (Å²) in [5.41, 5.74) is 6.19. The first-order valence-corrected chi connectivity index (χ1v) is 9.19. The lowest BCUT2D eigenvalue weighted by Crippen LogP contribution is -2.41. The minimum Gasteiger partial charge on any atom is -0.356 e. The molecule has 3 nitrogen and oxygen atoms in total. The van der Waals surface area contributed by atoms with Crippen molar-refractivity contribution in [3.8, 4) is 0 Å². The lowest BCUT2D eigenvalue weighted by Gasteiger charge is -2.36. The summed E-state index contributed by atoms with van der Waals surface area (Å²) < 4.78 is 0. The van der Waals surface area contributed by atoms with Crippen LogP contribution in [0.3, 0.4) is 0 Å². The zero-order valence-electron chi connectivity index (χ0n) is 14.5. The lowest BCUT2D eigenvalue weighted by molar-refractivity contribution is -0.134. The summed E-state index contributed by atoms with van der Waals surface area (Å²) in [5, 5.41) is 1.30. The van der Waals surface area contributed by atoms with Gasteiger partial charge in [0.15, 0.2) is 0 Å². The van der Waals surface area contributed by atoms with Crippen molar-refractivity contribution in [2.45, 2.75) is 32.2 Å². The Morgan fingerprint density at radius 1 is 1.08 bits per heavy atom. The van der Waals surface area contributed by atoms with Crippen LogP contribution in [0.2, 0.25) is 0 Å². The molecule has 2 heterocycles. The monoisotopic (exact) mass is 330 g/mol. The number of nitrogens with one attached hydrogen (secondary N) is 1. The van der Waals surface area contributed by atoms with Crippen LogP contribution in [-0.4, -0.2) is 22.3 Å². The SMILES string of the molecule is Cc1ccc(C2c3[nH]c4ccccc4c3CCN2C(=O)C2CC2)cc1. The largest absolute Gasteiger partial charge is 0.356 e. The Morgan fingerprint density at radius 2 is 1.84 bits per heavy atom. The van der Waals surface area contributed by atoms with E-state index in [2.05, 4.69) is 65.3 Å². The van der Waals surface area contributed by atoms with Crippen LogP contribution in [0.4, 0.5) is 0 Å². The molecule has 25 heavy (non-hydrogen) atoms. The molecule has 1 aromatic heterocycles. The van der Waals surface area contributed by atoms with Crippen molar-refractivity contribution in [3.05, 3.63) is 70.9 Å². The highest BCUT2D eigenvalue weighted by Gasteiger charge is 2.40. The van der Waals surface area contributed by atoms with Crippen LogP contribution in [0, 0.1) is 12.8 Å². The normalized spacial score (nSPS) is 19.9. The number of carbonyl (C=O) groups excluding carboxylic acids is 1. The Balaban J connectivity index is 1.68. The molecule has 0 radical (unpaired) electrons. The molecule has 1 saturated carbocycles. The number of hydrogen-bond donors (Lipinski definition) is 1. The maximum absolute atomic E-state index is 12.9. The van der Waals surface area contributed by atoms with Crippen LogP contribution in [0.1, 0.15) is 41.3 Å². The van der Waals surface area contributed by atoms with Crippen LogP contribution in [0.25, 0.3) is 10.9 Å². The van der Waals surface area contributed by atoms with E-state index in [1.54, 1.807) is 0 Å². The molecule has 0 saturated heterocycles. The second-order valence-corrected chi connectivity index (χ2v) is 7.43. The van der Waals surface area contributed by atoms with Gasteiger partial charge in [-0.05, 0) is 43.4 Å². The number of para-hydroxylation sites is 1. The van der Waals surface area contributed by atoms with E-state index in [1.165, 1.54) is 33.3 Å². The van der Waals surface area contributed by atoms with Gasteiger partial charge in [0.1, 0.15) is 0 Å². The predicted molar refractivity (Wildman–Crippen MR) is 99.5 cm³/mol. The van der Waals surface area contributed by atoms with Crippen LogP contribution < -0.4 is 0 Å². The first-order chi connectivity index (χ1) is 12.2. The average Bonchev–Trinajstić information content (AvgIpc) is 3.42. The second kappa shape index (κ2) is 5.48. The summed E-state index contributed by atoms with van der Waals surface area (Å²) in [6, 6.07) is 17.1. The third-order valence-corrected chi connectivity index (χ3v) is 5.64. The van der Waals surface area contributed by atoms with Gasteiger partial charge in [0.25, 0.3) is 0 Å². The summed E-state index contributed by atoms with van der Waals surface area (Å²) in [6.45, 7) is 2.91. The van der Waals surface area contributed by atoms with E-state index < -0.39 is 0 Å². The molecule has 3 aromatic rings. The molecule has 1 atom stereocenters. The number of benzene rings is 2. The van der Waals surface area contributed by atoms with Gasteiger partial charge in [0.2, 0.25) is 5.91 Å². The van der Waals surface area contributed by atoms with Gasteiger partial charge in [-0.3, -0.25) is 4.79 Å². The molecular formula is C22H22N2O. The number of fused-ring (bicyclic) bond motifs is 3. The summed E-state index contributed by atoms with van der Waals surface area (Å²) in [5.74, 6) is 0.578. The number of aromatic amines is 1. The Morgan fingerprint density at radius 3 is 2.60 bits per heavy atom. The molecule has 1 amide bonds. The first kappa shape index (κ1) is 14.8. The number of H-pyrrole nitrogens is 1. The molecular weight excluding hydrogens is 308 g/mol. The van der Waals surface area contributed by atoms with E-state index in [9.17, 15) is 4.79 Å². The average molecular weight is 330 g/mol. The van der Waals surface area contributed by atoms with Gasteiger partial charge in [0.05, 0.1) is 6.04 Å². The molecule has 1 aliphatic carbocycles. The minimum absolute atomic E-state index is 0.00449. The number of amides is 1. The molecule has 1 unspecified atom stereocenters. The smallest absolute Gasteiger partial charge is 0.226 e. The van der Waals surface area contributed by atoms with Crippen molar-refractivity contribution < 1.29 is 4.79 Å². The van der Waals surface area contributed by atoms with Crippen LogP contribution in [0.15, 0.2) is 48.5 Å². The van der Waals surface area contributed by atoms with Crippen LogP contribution in [-0.2, 0) is 11.2 Å². The van der Waals surface area contributed by atoms with E-state index in [1.807, 2.05) is 0 Å². The highest BCUT2D eigenvalue weighted by molar-refractivity contribution is 5.87. The molecule has 2 aromatic carbocycles. The molecule has 1 fully saturated rings. The Labute approximate surface area is 147 Å². The standard InChI is InChI=1S/C22H22N2O/c1-14-6-8-15(9-7-14)21-20-18(17-4-2-3-5-19(17)23-20)12-13-24(21)22(25)16-10-11-16/h2-9,16,21,23H,10-13H2,1H3. The third kappa shape index (κ3) is 2.38. The Kier molecular flexibility index (Phi) is 3.24. The van der Waals surface area contributed by atoms with E-state index >= 15 is 0 Å². The van der Waals surface area contributed by atoms with Crippen molar-refractivity contribution in [1.82, 2.24) is 9.88 Å². The number of aromatic nitrogens is 1. The van der Waals surface area contributed by atoms with Gasteiger partial charge in [-0.15, -0.1) is 0 Å². The maximum Gasteiger partial charge on any atom is 0.226 e. The summed E-state index contributed by atoms with van der Waals surface area (Å²) >= 11 is 0. The van der Waals surface area contributed by atoms with Gasteiger partial charge in [-0.2, -0.15) is 0 Å². The lowest BCUT2D eigenvalue weighted by atomic mass is 9.91. The molecule has 1 aliphatic heterocycles. The summed E-state index contributed by atoms with van der Waals surface area (Å²) in [4.78, 5) is 18.7. The highest BCUT2D eigenvalue weighted by Crippen LogP contribution is 2.41. The number of nitrogens with zero attached hydrogens (tertiary/aromatic N) is 1.